The molecule has 2 aromatic carbocycles. The molecule has 104 valence electrons. The van der Waals surface area contributed by atoms with E-state index < -0.39 is 0 Å². The number of fused-ring (bicyclic) bond motifs is 1. The fourth-order valence-corrected chi connectivity index (χ4v) is 2.32. The zero-order chi connectivity index (χ0) is 14.1. The number of nitrogens with one attached hydrogen (secondary N) is 1. The molecule has 1 aliphatic rings. The number of benzene rings is 2. The predicted octanol–water partition coefficient (Wildman–Crippen LogP) is 4.13. The van der Waals surface area contributed by atoms with Crippen molar-refractivity contribution >= 4 is 17.3 Å². The molecule has 0 atom stereocenters. The molecule has 0 saturated carbocycles. The maximum absolute atomic E-state index is 13.1. The largest absolute Gasteiger partial charge is 0.454 e. The highest BCUT2D eigenvalue weighted by atomic mass is 35.5. The summed E-state index contributed by atoms with van der Waals surface area (Å²) in [6.45, 7) is 2.65. The number of anilines is 1. The van der Waals surface area contributed by atoms with Crippen molar-refractivity contribution in [1.82, 2.24) is 0 Å². The molecule has 1 aliphatic heterocycles. The number of hydrogen-bond acceptors (Lipinski definition) is 3. The van der Waals surface area contributed by atoms with Gasteiger partial charge in [-0.3, -0.25) is 0 Å². The monoisotopic (exact) mass is 293 g/mol. The summed E-state index contributed by atoms with van der Waals surface area (Å²) in [6, 6.07) is 8.26. The van der Waals surface area contributed by atoms with Gasteiger partial charge in [0.15, 0.2) is 11.5 Å². The molecule has 0 spiro atoms. The van der Waals surface area contributed by atoms with Crippen LogP contribution in [0.2, 0.25) is 5.02 Å². The molecule has 0 fully saturated rings. The van der Waals surface area contributed by atoms with Gasteiger partial charge in [0.25, 0.3) is 0 Å². The molecule has 0 bridgehead atoms. The van der Waals surface area contributed by atoms with E-state index in [2.05, 4.69) is 5.32 Å². The van der Waals surface area contributed by atoms with E-state index in [1.54, 1.807) is 12.1 Å². The van der Waals surface area contributed by atoms with Crippen LogP contribution in [0.4, 0.5) is 10.1 Å². The van der Waals surface area contributed by atoms with E-state index in [0.717, 1.165) is 16.8 Å². The second kappa shape index (κ2) is 5.21. The Hall–Kier alpha value is -1.94. The van der Waals surface area contributed by atoms with Crippen LogP contribution in [-0.4, -0.2) is 6.79 Å². The molecule has 20 heavy (non-hydrogen) atoms. The van der Waals surface area contributed by atoms with Crippen LogP contribution in [0.25, 0.3) is 0 Å². The molecule has 3 nitrogen and oxygen atoms in total. The zero-order valence-corrected chi connectivity index (χ0v) is 11.6. The van der Waals surface area contributed by atoms with E-state index >= 15 is 0 Å². The highest BCUT2D eigenvalue weighted by Crippen LogP contribution is 2.39. The van der Waals surface area contributed by atoms with E-state index in [4.69, 9.17) is 21.1 Å². The minimum Gasteiger partial charge on any atom is -0.454 e. The Bertz CT molecular complexity index is 661. The van der Waals surface area contributed by atoms with E-state index in [-0.39, 0.29) is 12.6 Å². The minimum atomic E-state index is -0.229. The van der Waals surface area contributed by atoms with Crippen molar-refractivity contribution in [2.24, 2.45) is 0 Å². The first-order chi connectivity index (χ1) is 9.63. The quantitative estimate of drug-likeness (QED) is 0.923. The summed E-state index contributed by atoms with van der Waals surface area (Å²) in [5, 5.41) is 3.79. The van der Waals surface area contributed by atoms with Crippen molar-refractivity contribution in [3.05, 3.63) is 52.3 Å². The summed E-state index contributed by atoms with van der Waals surface area (Å²) in [5.41, 5.74) is 2.68. The standard InChI is InChI=1S/C15H13ClFNO2/c1-9-4-11(17)3-2-10(9)7-18-13-6-15-14(5-12(13)16)19-8-20-15/h2-6,18H,7-8H2,1H3. The average molecular weight is 294 g/mol. The second-order valence-corrected chi connectivity index (χ2v) is 5.02. The van der Waals surface area contributed by atoms with Crippen LogP contribution in [0, 0.1) is 12.7 Å². The third kappa shape index (κ3) is 2.51. The fourth-order valence-electron chi connectivity index (χ4n) is 2.10. The zero-order valence-electron chi connectivity index (χ0n) is 10.9. The highest BCUT2D eigenvalue weighted by Gasteiger charge is 2.16. The molecule has 0 saturated heterocycles. The smallest absolute Gasteiger partial charge is 0.231 e. The first kappa shape index (κ1) is 13.1. The van der Waals surface area contributed by atoms with Gasteiger partial charge in [0.1, 0.15) is 5.82 Å². The van der Waals surface area contributed by atoms with Crippen LogP contribution in [0.5, 0.6) is 11.5 Å². The maximum atomic E-state index is 13.1. The summed E-state index contributed by atoms with van der Waals surface area (Å²) in [5.74, 6) is 1.10. The van der Waals surface area contributed by atoms with Crippen molar-refractivity contribution in [3.8, 4) is 11.5 Å². The second-order valence-electron chi connectivity index (χ2n) is 4.61. The Balaban J connectivity index is 1.78. The van der Waals surface area contributed by atoms with Crippen molar-refractivity contribution in [2.45, 2.75) is 13.5 Å². The van der Waals surface area contributed by atoms with Gasteiger partial charge >= 0.3 is 0 Å². The highest BCUT2D eigenvalue weighted by molar-refractivity contribution is 6.33. The van der Waals surface area contributed by atoms with Crippen LogP contribution in [-0.2, 0) is 6.54 Å². The van der Waals surface area contributed by atoms with Crippen molar-refractivity contribution in [2.75, 3.05) is 12.1 Å². The van der Waals surface area contributed by atoms with Gasteiger partial charge in [-0.25, -0.2) is 4.39 Å². The summed E-state index contributed by atoms with van der Waals surface area (Å²) < 4.78 is 23.6. The van der Waals surface area contributed by atoms with Gasteiger partial charge in [-0.05, 0) is 30.2 Å². The molecule has 2 aromatic rings. The van der Waals surface area contributed by atoms with E-state index in [9.17, 15) is 4.39 Å². The number of halogens is 2. The summed E-state index contributed by atoms with van der Waals surface area (Å²) in [4.78, 5) is 0. The lowest BCUT2D eigenvalue weighted by atomic mass is 10.1. The molecule has 0 radical (unpaired) electrons. The van der Waals surface area contributed by atoms with Gasteiger partial charge in [-0.1, -0.05) is 17.7 Å². The Morgan fingerprint density at radius 1 is 1.20 bits per heavy atom. The maximum Gasteiger partial charge on any atom is 0.231 e. The van der Waals surface area contributed by atoms with Gasteiger partial charge in [0.05, 0.1) is 10.7 Å². The summed E-state index contributed by atoms with van der Waals surface area (Å²) in [6.07, 6.45) is 0. The number of ether oxygens (including phenoxy) is 2. The minimum absolute atomic E-state index is 0.214. The van der Waals surface area contributed by atoms with Gasteiger partial charge in [-0.15, -0.1) is 0 Å². The molecule has 0 aliphatic carbocycles. The summed E-state index contributed by atoms with van der Waals surface area (Å²) >= 11 is 6.18. The third-order valence-electron chi connectivity index (χ3n) is 3.24. The predicted molar refractivity (Wildman–Crippen MR) is 76.0 cm³/mol. The van der Waals surface area contributed by atoms with Gasteiger partial charge < -0.3 is 14.8 Å². The van der Waals surface area contributed by atoms with Gasteiger partial charge in [0, 0.05) is 18.7 Å². The number of hydrogen-bond donors (Lipinski definition) is 1. The molecule has 0 unspecified atom stereocenters. The molecule has 1 N–H and O–H groups in total. The fraction of sp³-hybridized carbons (Fsp3) is 0.200. The lowest BCUT2D eigenvalue weighted by Crippen LogP contribution is -2.02. The van der Waals surface area contributed by atoms with Crippen molar-refractivity contribution < 1.29 is 13.9 Å². The first-order valence-electron chi connectivity index (χ1n) is 6.21. The average Bonchev–Trinajstić information content (AvgIpc) is 2.84. The topological polar surface area (TPSA) is 30.5 Å². The lowest BCUT2D eigenvalue weighted by molar-refractivity contribution is 0.174. The van der Waals surface area contributed by atoms with Crippen LogP contribution in [0.3, 0.4) is 0 Å². The third-order valence-corrected chi connectivity index (χ3v) is 3.55. The SMILES string of the molecule is Cc1cc(F)ccc1CNc1cc2c(cc1Cl)OCO2. The Kier molecular flexibility index (Phi) is 3.40. The van der Waals surface area contributed by atoms with Crippen molar-refractivity contribution in [3.63, 3.8) is 0 Å². The molecule has 0 amide bonds. The van der Waals surface area contributed by atoms with Gasteiger partial charge in [-0.2, -0.15) is 0 Å². The normalized spacial score (nSPS) is 12.6. The molecule has 0 aromatic heterocycles. The number of aryl methyl sites for hydroxylation is 1. The van der Waals surface area contributed by atoms with E-state index in [0.29, 0.717) is 23.1 Å². The lowest BCUT2D eigenvalue weighted by Gasteiger charge is -2.11. The van der Waals surface area contributed by atoms with Crippen LogP contribution in [0.1, 0.15) is 11.1 Å². The van der Waals surface area contributed by atoms with Crippen LogP contribution < -0.4 is 14.8 Å². The van der Waals surface area contributed by atoms with Gasteiger partial charge in [0.2, 0.25) is 6.79 Å². The molecule has 3 rings (SSSR count). The van der Waals surface area contributed by atoms with E-state index in [1.165, 1.54) is 12.1 Å². The Labute approximate surface area is 121 Å². The molecule has 5 heteroatoms. The Morgan fingerprint density at radius 3 is 2.70 bits per heavy atom. The van der Waals surface area contributed by atoms with Crippen molar-refractivity contribution in [1.29, 1.82) is 0 Å². The van der Waals surface area contributed by atoms with Crippen LogP contribution in [0.15, 0.2) is 30.3 Å². The summed E-state index contributed by atoms with van der Waals surface area (Å²) in [7, 11) is 0. The van der Waals surface area contributed by atoms with Crippen LogP contribution >= 0.6 is 11.6 Å². The Morgan fingerprint density at radius 2 is 1.95 bits per heavy atom. The molecule has 1 heterocycles. The molecular formula is C15H13ClFNO2. The molecular weight excluding hydrogens is 281 g/mol. The number of rotatable bonds is 3. The first-order valence-corrected chi connectivity index (χ1v) is 6.59. The van der Waals surface area contributed by atoms with E-state index in [1.807, 2.05) is 13.0 Å².